The van der Waals surface area contributed by atoms with Crippen molar-refractivity contribution in [3.63, 3.8) is 0 Å². The van der Waals surface area contributed by atoms with Crippen LogP contribution in [0.5, 0.6) is 0 Å². The predicted molar refractivity (Wildman–Crippen MR) is 95.1 cm³/mol. The summed E-state index contributed by atoms with van der Waals surface area (Å²) in [5.74, 6) is 1.44. The number of hydrogen-bond donors (Lipinski definition) is 1. The van der Waals surface area contributed by atoms with Gasteiger partial charge in [0.1, 0.15) is 5.82 Å². The first-order valence-corrected chi connectivity index (χ1v) is 9.20. The molecule has 1 saturated heterocycles. The molecule has 24 heavy (non-hydrogen) atoms. The van der Waals surface area contributed by atoms with E-state index in [2.05, 4.69) is 20.3 Å². The Kier molecular flexibility index (Phi) is 5.40. The highest BCUT2D eigenvalue weighted by Gasteiger charge is 2.25. The lowest BCUT2D eigenvalue weighted by Gasteiger charge is -2.32. The zero-order valence-corrected chi connectivity index (χ0v) is 15.0. The molecule has 1 fully saturated rings. The number of piperidine rings is 1. The molecule has 1 atom stereocenters. The molecule has 0 aromatic carbocycles. The number of likely N-dealkylation sites (tertiary alicyclic amines) is 1. The molecule has 1 N–H and O–H groups in total. The summed E-state index contributed by atoms with van der Waals surface area (Å²) in [4.78, 5) is 27.7. The molecule has 1 unspecified atom stereocenters. The standard InChI is InChI=1S/C17H23N5OS/c1-12-21-14(11-24-12)9-16(23)22-7-3-4-13(10-22)8-15-17(18-2)20-6-5-19-15/h5-6,11,13H,3-4,7-10H2,1-2H3,(H,18,20). The van der Waals surface area contributed by atoms with Crippen LogP contribution < -0.4 is 5.32 Å². The number of aromatic nitrogens is 3. The molecule has 7 heteroatoms. The summed E-state index contributed by atoms with van der Waals surface area (Å²) in [7, 11) is 1.86. The highest BCUT2D eigenvalue weighted by Crippen LogP contribution is 2.23. The molecular formula is C17H23N5OS. The molecule has 0 aliphatic carbocycles. The lowest BCUT2D eigenvalue weighted by Crippen LogP contribution is -2.41. The molecule has 2 aromatic heterocycles. The second-order valence-electron chi connectivity index (χ2n) is 6.19. The Balaban J connectivity index is 1.60. The number of hydrogen-bond acceptors (Lipinski definition) is 6. The third kappa shape index (κ3) is 4.08. The number of carbonyl (C=O) groups is 1. The van der Waals surface area contributed by atoms with Crippen molar-refractivity contribution in [2.45, 2.75) is 32.6 Å². The van der Waals surface area contributed by atoms with E-state index in [9.17, 15) is 4.79 Å². The van der Waals surface area contributed by atoms with E-state index in [0.717, 1.165) is 54.6 Å². The largest absolute Gasteiger partial charge is 0.372 e. The van der Waals surface area contributed by atoms with E-state index < -0.39 is 0 Å². The zero-order chi connectivity index (χ0) is 16.9. The normalized spacial score (nSPS) is 17.8. The number of anilines is 1. The third-order valence-electron chi connectivity index (χ3n) is 4.36. The maximum absolute atomic E-state index is 12.5. The van der Waals surface area contributed by atoms with Crippen molar-refractivity contribution in [2.24, 2.45) is 5.92 Å². The van der Waals surface area contributed by atoms with Crippen LogP contribution in [-0.4, -0.2) is 45.9 Å². The van der Waals surface area contributed by atoms with Crippen molar-refractivity contribution in [3.8, 4) is 0 Å². The molecule has 0 radical (unpaired) electrons. The van der Waals surface area contributed by atoms with Gasteiger partial charge in [-0.2, -0.15) is 0 Å². The monoisotopic (exact) mass is 345 g/mol. The first kappa shape index (κ1) is 16.8. The number of rotatable bonds is 5. The minimum atomic E-state index is 0.179. The predicted octanol–water partition coefficient (Wildman–Crippen LogP) is 2.31. The maximum Gasteiger partial charge on any atom is 0.228 e. The minimum Gasteiger partial charge on any atom is -0.372 e. The fourth-order valence-corrected chi connectivity index (χ4v) is 3.83. The van der Waals surface area contributed by atoms with Gasteiger partial charge < -0.3 is 10.2 Å². The van der Waals surface area contributed by atoms with Crippen LogP contribution in [0.4, 0.5) is 5.82 Å². The van der Waals surface area contributed by atoms with E-state index in [1.165, 1.54) is 0 Å². The molecular weight excluding hydrogens is 322 g/mol. The van der Waals surface area contributed by atoms with Crippen LogP contribution in [0.3, 0.4) is 0 Å². The number of thiazole rings is 1. The number of aryl methyl sites for hydroxylation is 1. The van der Waals surface area contributed by atoms with Gasteiger partial charge in [0.2, 0.25) is 5.91 Å². The highest BCUT2D eigenvalue weighted by molar-refractivity contribution is 7.09. The number of nitrogens with zero attached hydrogens (tertiary/aromatic N) is 4. The smallest absolute Gasteiger partial charge is 0.228 e. The molecule has 3 rings (SSSR count). The summed E-state index contributed by atoms with van der Waals surface area (Å²) in [6, 6.07) is 0. The second kappa shape index (κ2) is 7.70. The molecule has 1 amide bonds. The van der Waals surface area contributed by atoms with Crippen molar-refractivity contribution >= 4 is 23.1 Å². The van der Waals surface area contributed by atoms with Crippen LogP contribution in [0, 0.1) is 12.8 Å². The molecule has 6 nitrogen and oxygen atoms in total. The van der Waals surface area contributed by atoms with Gasteiger partial charge in [-0.15, -0.1) is 11.3 Å². The first-order chi connectivity index (χ1) is 11.7. The summed E-state index contributed by atoms with van der Waals surface area (Å²) >= 11 is 1.60. The highest BCUT2D eigenvalue weighted by atomic mass is 32.1. The lowest BCUT2D eigenvalue weighted by atomic mass is 9.93. The quantitative estimate of drug-likeness (QED) is 0.900. The van der Waals surface area contributed by atoms with E-state index >= 15 is 0 Å². The summed E-state index contributed by atoms with van der Waals surface area (Å²) in [5, 5.41) is 6.08. The summed E-state index contributed by atoms with van der Waals surface area (Å²) in [5.41, 5.74) is 1.87. The van der Waals surface area contributed by atoms with Gasteiger partial charge in [0.05, 0.1) is 22.8 Å². The van der Waals surface area contributed by atoms with E-state index in [0.29, 0.717) is 12.3 Å². The van der Waals surface area contributed by atoms with Crippen molar-refractivity contribution in [2.75, 3.05) is 25.5 Å². The van der Waals surface area contributed by atoms with E-state index in [-0.39, 0.29) is 5.91 Å². The summed E-state index contributed by atoms with van der Waals surface area (Å²) in [6.07, 6.45) is 6.85. The average Bonchev–Trinajstić information content (AvgIpc) is 3.00. The average molecular weight is 345 g/mol. The summed E-state index contributed by atoms with van der Waals surface area (Å²) < 4.78 is 0. The molecule has 128 valence electrons. The fraction of sp³-hybridized carbons (Fsp3) is 0.529. The van der Waals surface area contributed by atoms with Gasteiger partial charge in [-0.25, -0.2) is 9.97 Å². The van der Waals surface area contributed by atoms with Crippen LogP contribution in [0.1, 0.15) is 29.2 Å². The topological polar surface area (TPSA) is 71.0 Å². The van der Waals surface area contributed by atoms with Crippen molar-refractivity contribution in [1.29, 1.82) is 0 Å². The van der Waals surface area contributed by atoms with Gasteiger partial charge in [-0.1, -0.05) is 0 Å². The van der Waals surface area contributed by atoms with Gasteiger partial charge >= 0.3 is 0 Å². The number of carbonyl (C=O) groups excluding carboxylic acids is 1. The van der Waals surface area contributed by atoms with E-state index in [1.54, 1.807) is 23.7 Å². The molecule has 1 aliphatic rings. The molecule has 0 spiro atoms. The lowest BCUT2D eigenvalue weighted by molar-refractivity contribution is -0.132. The Hall–Kier alpha value is -2.02. The molecule has 2 aromatic rings. The zero-order valence-electron chi connectivity index (χ0n) is 14.2. The van der Waals surface area contributed by atoms with Gasteiger partial charge in [-0.3, -0.25) is 9.78 Å². The van der Waals surface area contributed by atoms with Crippen LogP contribution in [0.2, 0.25) is 0 Å². The Morgan fingerprint density at radius 1 is 1.42 bits per heavy atom. The first-order valence-electron chi connectivity index (χ1n) is 8.32. The van der Waals surface area contributed by atoms with Crippen molar-refractivity contribution in [1.82, 2.24) is 19.9 Å². The van der Waals surface area contributed by atoms with Crippen molar-refractivity contribution in [3.05, 3.63) is 34.2 Å². The van der Waals surface area contributed by atoms with Crippen LogP contribution in [0.25, 0.3) is 0 Å². The van der Waals surface area contributed by atoms with Crippen LogP contribution in [-0.2, 0) is 17.6 Å². The van der Waals surface area contributed by atoms with Gasteiger partial charge in [0.15, 0.2) is 0 Å². The Labute approximate surface area is 146 Å². The van der Waals surface area contributed by atoms with Gasteiger partial charge in [0.25, 0.3) is 0 Å². The van der Waals surface area contributed by atoms with E-state index in [4.69, 9.17) is 0 Å². The second-order valence-corrected chi connectivity index (χ2v) is 7.25. The molecule has 0 bridgehead atoms. The number of nitrogens with one attached hydrogen (secondary N) is 1. The van der Waals surface area contributed by atoms with Gasteiger partial charge in [-0.05, 0) is 32.1 Å². The summed E-state index contributed by atoms with van der Waals surface area (Å²) in [6.45, 7) is 3.61. The Bertz CT molecular complexity index is 702. The van der Waals surface area contributed by atoms with Crippen LogP contribution >= 0.6 is 11.3 Å². The number of amides is 1. The maximum atomic E-state index is 12.5. The third-order valence-corrected chi connectivity index (χ3v) is 5.19. The van der Waals surface area contributed by atoms with Crippen molar-refractivity contribution < 1.29 is 4.79 Å². The minimum absolute atomic E-state index is 0.179. The van der Waals surface area contributed by atoms with E-state index in [1.807, 2.05) is 24.3 Å². The Morgan fingerprint density at radius 3 is 3.00 bits per heavy atom. The van der Waals surface area contributed by atoms with Gasteiger partial charge in [0, 0.05) is 37.9 Å². The molecule has 0 saturated carbocycles. The van der Waals surface area contributed by atoms with Crippen LogP contribution in [0.15, 0.2) is 17.8 Å². The molecule has 3 heterocycles. The SMILES string of the molecule is CNc1nccnc1CC1CCCN(C(=O)Cc2csc(C)n2)C1. The molecule has 1 aliphatic heterocycles. The Morgan fingerprint density at radius 2 is 2.25 bits per heavy atom. The fourth-order valence-electron chi connectivity index (χ4n) is 3.21.